The Morgan fingerprint density at radius 3 is 2.49 bits per heavy atom. The third-order valence-corrected chi connectivity index (χ3v) is 8.07. The van der Waals surface area contributed by atoms with E-state index in [4.69, 9.17) is 9.47 Å². The first-order valence-corrected chi connectivity index (χ1v) is 14.8. The number of amides is 2. The van der Waals surface area contributed by atoms with Crippen LogP contribution >= 0.6 is 0 Å². The second kappa shape index (κ2) is 12.6. The van der Waals surface area contributed by atoms with Crippen LogP contribution in [0, 0.1) is 0 Å². The smallest absolute Gasteiger partial charge is 0.417 e. The number of benzene rings is 4. The number of hydrogen-bond acceptors (Lipinski definition) is 5. The molecule has 0 saturated carbocycles. The molecule has 0 fully saturated rings. The van der Waals surface area contributed by atoms with Crippen LogP contribution in [0.5, 0.6) is 23.0 Å². The molecule has 45 heavy (non-hydrogen) atoms. The maximum absolute atomic E-state index is 13.9. The fraction of sp³-hybridized carbons (Fsp3) is 0.257. The second-order valence-electron chi connectivity index (χ2n) is 11.1. The molecule has 8 bridgehead atoms. The normalized spacial score (nSPS) is 17.1. The van der Waals surface area contributed by atoms with Gasteiger partial charge in [0.2, 0.25) is 5.91 Å². The number of rotatable bonds is 1. The van der Waals surface area contributed by atoms with E-state index >= 15 is 0 Å². The molecule has 0 radical (unpaired) electrons. The molecule has 2 N–H and O–H groups in total. The number of aryl methyl sites for hydroxylation is 1. The van der Waals surface area contributed by atoms with Gasteiger partial charge in [-0.05, 0) is 90.0 Å². The van der Waals surface area contributed by atoms with Gasteiger partial charge in [-0.2, -0.15) is 13.2 Å². The lowest BCUT2D eigenvalue weighted by Crippen LogP contribution is -2.41. The fourth-order valence-electron chi connectivity index (χ4n) is 5.82. The minimum Gasteiger partial charge on any atom is -0.504 e. The quantitative estimate of drug-likeness (QED) is 0.245. The molecule has 4 aliphatic rings. The number of aromatic hydroxyl groups is 1. The highest BCUT2D eigenvalue weighted by Gasteiger charge is 2.39. The van der Waals surface area contributed by atoms with Gasteiger partial charge in [-0.25, -0.2) is 0 Å². The van der Waals surface area contributed by atoms with Gasteiger partial charge in [-0.15, -0.1) is 0 Å². The number of alkyl halides is 3. The minimum absolute atomic E-state index is 0.0580. The topological polar surface area (TPSA) is 88.1 Å². The number of carbonyl (C=O) groups is 2. The zero-order valence-corrected chi connectivity index (χ0v) is 24.3. The molecule has 232 valence electrons. The number of phenolic OH excluding ortho intramolecular Hbond substituents is 1. The number of carbonyl (C=O) groups excluding carboxylic acids is 2. The van der Waals surface area contributed by atoms with E-state index in [9.17, 15) is 27.9 Å². The lowest BCUT2D eigenvalue weighted by atomic mass is 9.87. The van der Waals surface area contributed by atoms with Gasteiger partial charge in [-0.3, -0.25) is 9.59 Å². The Hall–Kier alpha value is -4.99. The van der Waals surface area contributed by atoms with Gasteiger partial charge in [0.05, 0.1) is 23.8 Å². The van der Waals surface area contributed by atoms with Crippen molar-refractivity contribution in [3.8, 4) is 23.0 Å². The van der Waals surface area contributed by atoms with Gasteiger partial charge < -0.3 is 24.8 Å². The number of nitrogens with one attached hydrogen (secondary N) is 1. The summed E-state index contributed by atoms with van der Waals surface area (Å²) in [6.45, 7) is 0.981. The van der Waals surface area contributed by atoms with Gasteiger partial charge in [0, 0.05) is 19.5 Å². The molecule has 0 spiro atoms. The third-order valence-electron chi connectivity index (χ3n) is 8.07. The van der Waals surface area contributed by atoms with Gasteiger partial charge >= 0.3 is 6.18 Å². The lowest BCUT2D eigenvalue weighted by Gasteiger charge is -2.38. The number of nitrogens with zero attached hydrogens (tertiary/aromatic N) is 1. The molecule has 1 atom stereocenters. The third kappa shape index (κ3) is 6.60. The van der Waals surface area contributed by atoms with Crippen molar-refractivity contribution in [2.24, 2.45) is 0 Å². The maximum atomic E-state index is 13.9. The fourth-order valence-corrected chi connectivity index (χ4v) is 5.82. The molecule has 0 aliphatic carbocycles. The van der Waals surface area contributed by atoms with E-state index in [-0.39, 0.29) is 30.4 Å². The van der Waals surface area contributed by atoms with Crippen LogP contribution in [0.1, 0.15) is 57.1 Å². The molecule has 8 rings (SSSR count). The van der Waals surface area contributed by atoms with Crippen LogP contribution < -0.4 is 14.8 Å². The van der Waals surface area contributed by atoms with E-state index in [1.807, 2.05) is 24.3 Å². The number of halogens is 3. The summed E-state index contributed by atoms with van der Waals surface area (Å²) in [7, 11) is 0. The van der Waals surface area contributed by atoms with Crippen molar-refractivity contribution in [3.05, 3.63) is 118 Å². The van der Waals surface area contributed by atoms with Crippen molar-refractivity contribution in [2.45, 2.75) is 37.9 Å². The SMILES string of the molecule is O=C1CCc2ccc(O)c(c2)Oc2ccc3c(c2)CCN(C(=O)c2ccccc2C(F)(F)F)C3c2ccc(cc2)OCCCN1. The van der Waals surface area contributed by atoms with E-state index in [0.29, 0.717) is 49.5 Å². The van der Waals surface area contributed by atoms with Gasteiger partial charge in [-0.1, -0.05) is 36.4 Å². The van der Waals surface area contributed by atoms with Crippen LogP contribution in [-0.2, 0) is 23.8 Å². The van der Waals surface area contributed by atoms with Crippen molar-refractivity contribution in [1.82, 2.24) is 10.2 Å². The highest BCUT2D eigenvalue weighted by atomic mass is 19.4. The zero-order valence-electron chi connectivity index (χ0n) is 24.3. The number of fused-ring (bicyclic) bond motifs is 1. The van der Waals surface area contributed by atoms with Crippen molar-refractivity contribution >= 4 is 11.8 Å². The van der Waals surface area contributed by atoms with Crippen molar-refractivity contribution < 1.29 is 37.3 Å². The summed E-state index contributed by atoms with van der Waals surface area (Å²) in [6.07, 6.45) is -2.99. The maximum Gasteiger partial charge on any atom is 0.417 e. The molecule has 1 unspecified atom stereocenters. The highest BCUT2D eigenvalue weighted by molar-refractivity contribution is 5.96. The van der Waals surface area contributed by atoms with Crippen molar-refractivity contribution in [1.29, 1.82) is 0 Å². The Bertz CT molecular complexity index is 1720. The molecule has 4 aliphatic heterocycles. The molecule has 0 aromatic heterocycles. The summed E-state index contributed by atoms with van der Waals surface area (Å²) in [5.41, 5.74) is 1.77. The minimum atomic E-state index is -4.69. The Morgan fingerprint density at radius 2 is 1.69 bits per heavy atom. The number of hydrogen-bond donors (Lipinski definition) is 2. The molecule has 7 nitrogen and oxygen atoms in total. The lowest BCUT2D eigenvalue weighted by molar-refractivity contribution is -0.138. The highest BCUT2D eigenvalue weighted by Crippen LogP contribution is 2.41. The number of ether oxygens (including phenoxy) is 2. The Morgan fingerprint density at radius 1 is 0.911 bits per heavy atom. The molecule has 0 saturated heterocycles. The largest absolute Gasteiger partial charge is 0.504 e. The predicted molar refractivity (Wildman–Crippen MR) is 161 cm³/mol. The molecule has 10 heteroatoms. The average Bonchev–Trinajstić information content (AvgIpc) is 3.03. The monoisotopic (exact) mass is 616 g/mol. The predicted octanol–water partition coefficient (Wildman–Crippen LogP) is 6.82. The average molecular weight is 617 g/mol. The van der Waals surface area contributed by atoms with E-state index in [2.05, 4.69) is 5.32 Å². The van der Waals surface area contributed by atoms with Crippen molar-refractivity contribution in [2.75, 3.05) is 19.7 Å². The molecule has 4 heterocycles. The molecular weight excluding hydrogens is 585 g/mol. The summed E-state index contributed by atoms with van der Waals surface area (Å²) in [6, 6.07) is 21.6. The van der Waals surface area contributed by atoms with Crippen LogP contribution in [0.25, 0.3) is 0 Å². The standard InChI is InChI=1S/C35H31F3N2O5/c36-35(37,38)29-5-2-1-4-28(29)34(43)40-18-16-24-21-26-12-13-27(24)33(40)23-8-10-25(11-9-23)44-19-3-17-39-32(42)15-7-22-6-14-30(41)31(20-22)45-26/h1-2,4-6,8-14,20-21,33,41H,3,7,15-19H2,(H,39,42). The summed E-state index contributed by atoms with van der Waals surface area (Å²) in [5, 5.41) is 13.4. The van der Waals surface area contributed by atoms with Crippen LogP contribution in [0.2, 0.25) is 0 Å². The molecular formula is C35H31F3N2O5. The van der Waals surface area contributed by atoms with Crippen LogP contribution in [-0.4, -0.2) is 41.5 Å². The zero-order chi connectivity index (χ0) is 31.6. The van der Waals surface area contributed by atoms with Crippen molar-refractivity contribution in [3.63, 3.8) is 0 Å². The van der Waals surface area contributed by atoms with Crippen LogP contribution in [0.4, 0.5) is 13.2 Å². The van der Waals surface area contributed by atoms with Gasteiger partial charge in [0.1, 0.15) is 11.5 Å². The molecule has 4 aromatic carbocycles. The van der Waals surface area contributed by atoms with E-state index < -0.39 is 29.3 Å². The first-order valence-electron chi connectivity index (χ1n) is 14.8. The molecule has 2 amide bonds. The first kappa shape index (κ1) is 30.1. The Labute approximate surface area is 258 Å². The van der Waals surface area contributed by atoms with Crippen LogP contribution in [0.15, 0.2) is 84.9 Å². The number of phenols is 1. The summed E-state index contributed by atoms with van der Waals surface area (Å²) >= 11 is 0. The Balaban J connectivity index is 1.40. The summed E-state index contributed by atoms with van der Waals surface area (Å²) < 4.78 is 53.7. The second-order valence-corrected chi connectivity index (χ2v) is 11.1. The first-order chi connectivity index (χ1) is 21.7. The summed E-state index contributed by atoms with van der Waals surface area (Å²) in [5.74, 6) is 0.414. The van der Waals surface area contributed by atoms with E-state index in [1.54, 1.807) is 30.3 Å². The van der Waals surface area contributed by atoms with E-state index in [1.165, 1.54) is 29.2 Å². The summed E-state index contributed by atoms with van der Waals surface area (Å²) in [4.78, 5) is 27.7. The van der Waals surface area contributed by atoms with E-state index in [0.717, 1.165) is 22.8 Å². The van der Waals surface area contributed by atoms with Crippen LogP contribution in [0.3, 0.4) is 0 Å². The van der Waals surface area contributed by atoms with Gasteiger partial charge in [0.15, 0.2) is 11.5 Å². The molecule has 4 aromatic rings. The Kier molecular flexibility index (Phi) is 8.38. The van der Waals surface area contributed by atoms with Gasteiger partial charge in [0.25, 0.3) is 5.91 Å².